The van der Waals surface area contributed by atoms with Crippen LogP contribution in [0.4, 0.5) is 0 Å². The van der Waals surface area contributed by atoms with E-state index in [1.165, 1.54) is 21.9 Å². The van der Waals surface area contributed by atoms with Crippen LogP contribution in [0.5, 0.6) is 0 Å². The first kappa shape index (κ1) is 18.4. The lowest BCUT2D eigenvalue weighted by Gasteiger charge is -2.15. The summed E-state index contributed by atoms with van der Waals surface area (Å²) >= 11 is 0. The number of rotatable bonds is 5. The zero-order valence-corrected chi connectivity index (χ0v) is 17.0. The first-order valence-electron chi connectivity index (χ1n) is 10.3. The fourth-order valence-corrected chi connectivity index (χ4v) is 4.14. The third kappa shape index (κ3) is 3.22. The van der Waals surface area contributed by atoms with Gasteiger partial charge in [0, 0.05) is 17.3 Å². The maximum atomic E-state index is 11.1. The van der Waals surface area contributed by atoms with Crippen molar-refractivity contribution in [1.82, 2.24) is 4.98 Å². The van der Waals surface area contributed by atoms with Crippen LogP contribution in [0.1, 0.15) is 47.2 Å². The summed E-state index contributed by atoms with van der Waals surface area (Å²) in [7, 11) is 0. The minimum Gasteiger partial charge on any atom is -0.478 e. The molecule has 0 unspecified atom stereocenters. The molecule has 30 heavy (non-hydrogen) atoms. The monoisotopic (exact) mass is 393 g/mol. The van der Waals surface area contributed by atoms with Crippen molar-refractivity contribution < 1.29 is 9.90 Å². The minimum atomic E-state index is -0.911. The van der Waals surface area contributed by atoms with Crippen molar-refractivity contribution >= 4 is 16.7 Å². The van der Waals surface area contributed by atoms with Crippen molar-refractivity contribution in [3.8, 4) is 22.5 Å². The fourth-order valence-electron chi connectivity index (χ4n) is 4.14. The van der Waals surface area contributed by atoms with Gasteiger partial charge in [0.2, 0.25) is 0 Å². The van der Waals surface area contributed by atoms with Gasteiger partial charge < -0.3 is 10.1 Å². The maximum absolute atomic E-state index is 11.1. The summed E-state index contributed by atoms with van der Waals surface area (Å²) < 4.78 is 0. The van der Waals surface area contributed by atoms with Crippen molar-refractivity contribution in [2.75, 3.05) is 0 Å². The van der Waals surface area contributed by atoms with E-state index in [0.717, 1.165) is 22.5 Å². The smallest absolute Gasteiger partial charge is 0.335 e. The number of benzene rings is 3. The van der Waals surface area contributed by atoms with E-state index in [1.807, 2.05) is 18.2 Å². The molecule has 1 aromatic heterocycles. The maximum Gasteiger partial charge on any atom is 0.335 e. The normalized spacial score (nSPS) is 13.3. The predicted molar refractivity (Wildman–Crippen MR) is 122 cm³/mol. The molecule has 1 aliphatic carbocycles. The van der Waals surface area contributed by atoms with Crippen LogP contribution >= 0.6 is 0 Å². The second-order valence-electron chi connectivity index (χ2n) is 8.24. The van der Waals surface area contributed by atoms with Gasteiger partial charge >= 0.3 is 5.97 Å². The van der Waals surface area contributed by atoms with Crippen molar-refractivity contribution in [1.29, 1.82) is 0 Å². The number of carbonyl (C=O) groups is 1. The van der Waals surface area contributed by atoms with Crippen LogP contribution in [0, 0.1) is 0 Å². The van der Waals surface area contributed by atoms with E-state index in [9.17, 15) is 4.79 Å². The molecule has 0 saturated heterocycles. The molecule has 1 heterocycles. The van der Waals surface area contributed by atoms with Gasteiger partial charge in [-0.1, -0.05) is 62.4 Å². The number of carboxylic acid groups (broad SMARTS) is 1. The van der Waals surface area contributed by atoms with Gasteiger partial charge in [0.15, 0.2) is 0 Å². The fraction of sp³-hybridized carbons (Fsp3) is 0.148. The molecule has 0 amide bonds. The largest absolute Gasteiger partial charge is 0.478 e. The molecule has 3 heteroatoms. The zero-order chi connectivity index (χ0) is 20.8. The van der Waals surface area contributed by atoms with E-state index >= 15 is 0 Å². The summed E-state index contributed by atoms with van der Waals surface area (Å²) in [6, 6.07) is 22.3. The highest BCUT2D eigenvalue weighted by Gasteiger charge is 2.19. The lowest BCUT2D eigenvalue weighted by atomic mass is 9.90. The highest BCUT2D eigenvalue weighted by molar-refractivity contribution is 5.94. The number of aromatic nitrogens is 1. The molecule has 3 aromatic carbocycles. The average Bonchev–Trinajstić information content (AvgIpc) is 3.48. The lowest BCUT2D eigenvalue weighted by molar-refractivity contribution is 0.0697. The second-order valence-corrected chi connectivity index (χ2v) is 8.24. The Kier molecular flexibility index (Phi) is 4.32. The summed E-state index contributed by atoms with van der Waals surface area (Å²) in [6.07, 6.45) is 4.48. The number of hydrogen-bond donors (Lipinski definition) is 2. The molecule has 0 aliphatic heterocycles. The Morgan fingerprint density at radius 1 is 0.833 bits per heavy atom. The van der Waals surface area contributed by atoms with Gasteiger partial charge in [-0.15, -0.1) is 0 Å². The third-order valence-electron chi connectivity index (χ3n) is 5.89. The lowest BCUT2D eigenvalue weighted by Crippen LogP contribution is -1.95. The summed E-state index contributed by atoms with van der Waals surface area (Å²) in [5.41, 5.74) is 7.19. The molecule has 0 bridgehead atoms. The molecular formula is C27H23NO2. The zero-order valence-electron chi connectivity index (χ0n) is 17.0. The highest BCUT2D eigenvalue weighted by atomic mass is 16.4. The van der Waals surface area contributed by atoms with Gasteiger partial charge in [-0.3, -0.25) is 0 Å². The van der Waals surface area contributed by atoms with Crippen LogP contribution in [0.3, 0.4) is 0 Å². The van der Waals surface area contributed by atoms with Crippen molar-refractivity contribution in [3.63, 3.8) is 0 Å². The first-order chi connectivity index (χ1) is 14.5. The summed E-state index contributed by atoms with van der Waals surface area (Å²) in [5.74, 6) is 0.0213. The molecule has 148 valence electrons. The van der Waals surface area contributed by atoms with Crippen molar-refractivity contribution in [2.45, 2.75) is 25.7 Å². The Bertz CT molecular complexity index is 1290. The van der Waals surface area contributed by atoms with Gasteiger partial charge in [-0.25, -0.2) is 4.79 Å². The molecular weight excluding hydrogens is 370 g/mol. The van der Waals surface area contributed by atoms with E-state index in [2.05, 4.69) is 67.4 Å². The first-order valence-corrected chi connectivity index (χ1v) is 10.3. The van der Waals surface area contributed by atoms with Crippen LogP contribution < -0.4 is 0 Å². The Morgan fingerprint density at radius 2 is 1.50 bits per heavy atom. The molecule has 5 rings (SSSR count). The SMILES string of the molecule is CC(C)c1ccc(C2C=C2)c2ccc(-c3ccc(-c4ccc(C(=O)O)cc4)[nH]3)cc12. The highest BCUT2D eigenvalue weighted by Crippen LogP contribution is 2.39. The van der Waals surface area contributed by atoms with Gasteiger partial charge in [-0.2, -0.15) is 0 Å². The quantitative estimate of drug-likeness (QED) is 0.359. The number of fused-ring (bicyclic) bond motifs is 1. The molecule has 0 atom stereocenters. The van der Waals surface area contributed by atoms with Crippen LogP contribution in [0.2, 0.25) is 0 Å². The van der Waals surface area contributed by atoms with Gasteiger partial charge in [-0.05, 0) is 69.3 Å². The van der Waals surface area contributed by atoms with E-state index in [4.69, 9.17) is 5.11 Å². The molecule has 2 N–H and O–H groups in total. The average molecular weight is 393 g/mol. The predicted octanol–water partition coefficient (Wildman–Crippen LogP) is 6.98. The Hall–Kier alpha value is -3.59. The van der Waals surface area contributed by atoms with Crippen LogP contribution in [-0.4, -0.2) is 16.1 Å². The molecule has 3 nitrogen and oxygen atoms in total. The van der Waals surface area contributed by atoms with E-state index in [-0.39, 0.29) is 0 Å². The standard InChI is InChI=1S/C27H23NO2/c1-16(2)21-11-12-22(17-3-4-17)23-10-9-20(15-24(21)23)26-14-13-25(28-26)18-5-7-19(8-6-18)27(29)30/h3-17,28H,1-2H3,(H,29,30). The molecule has 0 fully saturated rings. The summed E-state index contributed by atoms with van der Waals surface area (Å²) in [6.45, 7) is 4.48. The number of H-pyrrole nitrogens is 1. The number of nitrogens with one attached hydrogen (secondary N) is 1. The number of hydrogen-bond acceptors (Lipinski definition) is 1. The summed E-state index contributed by atoms with van der Waals surface area (Å²) in [5, 5.41) is 11.7. The molecule has 0 radical (unpaired) electrons. The Morgan fingerprint density at radius 3 is 2.13 bits per heavy atom. The van der Waals surface area contributed by atoms with E-state index in [0.29, 0.717) is 17.4 Å². The Balaban J connectivity index is 1.55. The van der Waals surface area contributed by atoms with Gasteiger partial charge in [0.25, 0.3) is 0 Å². The van der Waals surface area contributed by atoms with Gasteiger partial charge in [0.05, 0.1) is 5.56 Å². The number of aromatic amines is 1. The van der Waals surface area contributed by atoms with Crippen molar-refractivity contribution in [2.24, 2.45) is 0 Å². The molecule has 0 spiro atoms. The summed E-state index contributed by atoms with van der Waals surface area (Å²) in [4.78, 5) is 14.6. The molecule has 4 aromatic rings. The number of aromatic carboxylic acids is 1. The van der Waals surface area contributed by atoms with E-state index < -0.39 is 5.97 Å². The number of carboxylic acids is 1. The van der Waals surface area contributed by atoms with Gasteiger partial charge in [0.1, 0.15) is 0 Å². The Labute approximate surface area is 175 Å². The topological polar surface area (TPSA) is 53.1 Å². The van der Waals surface area contributed by atoms with E-state index in [1.54, 1.807) is 12.1 Å². The van der Waals surface area contributed by atoms with Crippen LogP contribution in [0.15, 0.2) is 78.9 Å². The molecule has 0 saturated carbocycles. The third-order valence-corrected chi connectivity index (χ3v) is 5.89. The molecule has 1 aliphatic rings. The number of allylic oxidation sites excluding steroid dienone is 2. The second kappa shape index (κ2) is 7.03. The van der Waals surface area contributed by atoms with Crippen LogP contribution in [-0.2, 0) is 0 Å². The van der Waals surface area contributed by atoms with Crippen LogP contribution in [0.25, 0.3) is 33.3 Å². The minimum absolute atomic E-state index is 0.294. The van der Waals surface area contributed by atoms with Crippen molar-refractivity contribution in [3.05, 3.63) is 95.6 Å².